The second kappa shape index (κ2) is 8.29. The smallest absolute Gasteiger partial charge is 0.330 e. The molecule has 0 radical (unpaired) electrons. The lowest BCUT2D eigenvalue weighted by Crippen LogP contribution is -2.17. The largest absolute Gasteiger partial charge is 0.464 e. The summed E-state index contributed by atoms with van der Waals surface area (Å²) in [4.78, 5) is 22.4. The second-order valence-electron chi connectivity index (χ2n) is 3.64. The molecule has 2 atom stereocenters. The van der Waals surface area contributed by atoms with Crippen molar-refractivity contribution in [2.24, 2.45) is 0 Å². The Morgan fingerprint density at radius 2 is 1.31 bits per heavy atom. The maximum Gasteiger partial charge on any atom is 0.330 e. The molecule has 16 heavy (non-hydrogen) atoms. The Labute approximate surface area is 102 Å². The van der Waals surface area contributed by atoms with Gasteiger partial charge < -0.3 is 9.47 Å². The zero-order valence-corrected chi connectivity index (χ0v) is 14.4. The van der Waals surface area contributed by atoms with Crippen molar-refractivity contribution in [3.05, 3.63) is 12.2 Å². The highest BCUT2D eigenvalue weighted by Gasteiger charge is 2.06. The first-order valence-electron chi connectivity index (χ1n) is 5.58. The minimum absolute atomic E-state index is 0.00939. The molecule has 0 aromatic carbocycles. The highest BCUT2D eigenvalue weighted by atomic mass is 28.1. The van der Waals surface area contributed by atoms with Crippen LogP contribution in [0.3, 0.4) is 0 Å². The van der Waals surface area contributed by atoms with Crippen molar-refractivity contribution < 1.29 is 19.1 Å². The number of hydrogen-bond donors (Lipinski definition) is 0. The van der Waals surface area contributed by atoms with E-state index in [0.717, 1.165) is 45.5 Å². The van der Waals surface area contributed by atoms with Gasteiger partial charge in [-0.05, 0) is 12.8 Å². The van der Waals surface area contributed by atoms with Gasteiger partial charge in [-0.2, -0.15) is 0 Å². The first-order valence-corrected chi connectivity index (χ1v) is 7.89. The fourth-order valence-corrected chi connectivity index (χ4v) is 1.24. The van der Waals surface area contributed by atoms with Crippen LogP contribution in [-0.2, 0) is 19.1 Å². The molecule has 0 aliphatic carbocycles. The number of carbonyl (C=O) groups is 2. The highest BCUT2D eigenvalue weighted by Crippen LogP contribution is 1.96. The summed E-state index contributed by atoms with van der Waals surface area (Å²) >= 11 is 0. The van der Waals surface area contributed by atoms with E-state index in [9.17, 15) is 9.59 Å². The molecule has 0 spiro atoms. The first kappa shape index (κ1) is 15.1. The monoisotopic (exact) mass is 260 g/mol. The van der Waals surface area contributed by atoms with Gasteiger partial charge >= 0.3 is 11.9 Å². The molecule has 0 aromatic heterocycles. The average Bonchev–Trinajstić information content (AvgIpc) is 2.26. The Morgan fingerprint density at radius 3 is 1.56 bits per heavy atom. The zero-order valence-electron chi connectivity index (χ0n) is 10.4. The zero-order chi connectivity index (χ0) is 12.6. The third-order valence-corrected chi connectivity index (χ3v) is 4.24. The number of carbonyl (C=O) groups excluding carboxylic acids is 2. The molecule has 0 fully saturated rings. The molecule has 0 rings (SSSR count). The van der Waals surface area contributed by atoms with E-state index in [0.29, 0.717) is 0 Å². The van der Waals surface area contributed by atoms with Gasteiger partial charge in [0.25, 0.3) is 0 Å². The molecule has 0 saturated heterocycles. The molecule has 0 amide bonds. The van der Waals surface area contributed by atoms with Crippen LogP contribution in [0.4, 0.5) is 0 Å². The van der Waals surface area contributed by atoms with E-state index < -0.39 is 11.9 Å². The van der Waals surface area contributed by atoms with Gasteiger partial charge in [-0.15, -0.1) is 0 Å². The number of rotatable bonds is 6. The van der Waals surface area contributed by atoms with E-state index in [1.54, 1.807) is 0 Å². The highest BCUT2D eigenvalue weighted by molar-refractivity contribution is 6.12. The summed E-state index contributed by atoms with van der Waals surface area (Å²) < 4.78 is 10.0. The Morgan fingerprint density at radius 1 is 1.00 bits per heavy atom. The minimum Gasteiger partial charge on any atom is -0.464 e. The maximum absolute atomic E-state index is 11.2. The number of ether oxygens (including phenoxy) is 2. The van der Waals surface area contributed by atoms with Gasteiger partial charge in [0.2, 0.25) is 0 Å². The molecule has 2 unspecified atom stereocenters. The predicted octanol–water partition coefficient (Wildman–Crippen LogP) is -1.17. The third-order valence-electron chi connectivity index (χ3n) is 2.14. The first-order chi connectivity index (χ1) is 7.49. The molecule has 0 saturated carbocycles. The summed E-state index contributed by atoms with van der Waals surface area (Å²) in [6.07, 6.45) is 3.89. The lowest BCUT2D eigenvalue weighted by Gasteiger charge is -2.09. The molecular weight excluding hydrogens is 240 g/mol. The molecule has 0 aliphatic heterocycles. The minimum atomic E-state index is -0.472. The average molecular weight is 260 g/mol. The van der Waals surface area contributed by atoms with Gasteiger partial charge in [-0.1, -0.05) is 13.8 Å². The van der Waals surface area contributed by atoms with Gasteiger partial charge in [0.05, 0.1) is 31.9 Å². The summed E-state index contributed by atoms with van der Waals surface area (Å²) in [5, 5.41) is 0. The van der Waals surface area contributed by atoms with Crippen molar-refractivity contribution in [1.29, 1.82) is 0 Å². The lowest BCUT2D eigenvalue weighted by atomic mass is 10.4. The molecule has 0 bridgehead atoms. The van der Waals surface area contributed by atoms with Crippen molar-refractivity contribution in [2.75, 3.05) is 0 Å². The van der Waals surface area contributed by atoms with Gasteiger partial charge in [-0.3, -0.25) is 0 Å². The van der Waals surface area contributed by atoms with Crippen molar-refractivity contribution in [2.45, 2.75) is 38.1 Å². The van der Waals surface area contributed by atoms with Crippen LogP contribution in [0.15, 0.2) is 12.2 Å². The van der Waals surface area contributed by atoms with Crippen LogP contribution in [0, 0.1) is 0 Å². The van der Waals surface area contributed by atoms with Crippen LogP contribution in [0.2, 0.25) is 0 Å². The molecule has 0 N–H and O–H groups in total. The predicted molar refractivity (Wildman–Crippen MR) is 69.4 cm³/mol. The summed E-state index contributed by atoms with van der Waals surface area (Å²) in [6, 6.07) is 0. The van der Waals surface area contributed by atoms with Gasteiger partial charge in [0, 0.05) is 12.2 Å². The van der Waals surface area contributed by atoms with E-state index in [1.165, 1.54) is 0 Å². The summed E-state index contributed by atoms with van der Waals surface area (Å²) in [5.41, 5.74) is 0.0188. The maximum atomic E-state index is 11.2. The molecule has 0 aliphatic rings. The van der Waals surface area contributed by atoms with Crippen LogP contribution in [0.5, 0.6) is 0 Å². The SMILES string of the molecule is CCC([SiH3])OC(=O)/C=C/C(=O)OC([SiH3])CC. The third kappa shape index (κ3) is 7.41. The quantitative estimate of drug-likeness (QED) is 0.343. The van der Waals surface area contributed by atoms with E-state index >= 15 is 0 Å². The standard InChI is InChI=1S/C10H20O4Si2/c1-3-9(15)13-7(11)5-6-8(12)14-10(16)4-2/h5-6,9-10H,3-4H2,1-2,15-16H3/b6-5+. The van der Waals surface area contributed by atoms with E-state index in [1.807, 2.05) is 13.8 Å². The van der Waals surface area contributed by atoms with E-state index in [4.69, 9.17) is 9.47 Å². The fourth-order valence-electron chi connectivity index (χ4n) is 0.778. The van der Waals surface area contributed by atoms with Crippen LogP contribution in [0.25, 0.3) is 0 Å². The van der Waals surface area contributed by atoms with Crippen molar-refractivity contribution in [3.63, 3.8) is 0 Å². The van der Waals surface area contributed by atoms with Crippen LogP contribution in [-0.4, -0.2) is 43.9 Å². The van der Waals surface area contributed by atoms with Crippen LogP contribution >= 0.6 is 0 Å². The Kier molecular flexibility index (Phi) is 7.83. The van der Waals surface area contributed by atoms with Gasteiger partial charge in [0.1, 0.15) is 0 Å². The Balaban J connectivity index is 3.98. The topological polar surface area (TPSA) is 52.6 Å². The van der Waals surface area contributed by atoms with Crippen molar-refractivity contribution >= 4 is 32.4 Å². The van der Waals surface area contributed by atoms with Crippen molar-refractivity contribution in [3.8, 4) is 0 Å². The summed E-state index contributed by atoms with van der Waals surface area (Å²) in [5.74, 6) is -0.944. The molecule has 4 nitrogen and oxygen atoms in total. The summed E-state index contributed by atoms with van der Waals surface area (Å²) in [6.45, 7) is 3.91. The molecule has 0 aromatic rings. The van der Waals surface area contributed by atoms with E-state index in [-0.39, 0.29) is 11.5 Å². The number of esters is 2. The van der Waals surface area contributed by atoms with Gasteiger partial charge in [-0.25, -0.2) is 9.59 Å². The summed E-state index contributed by atoms with van der Waals surface area (Å²) in [7, 11) is 1.60. The molecular formula is C10H20O4Si2. The van der Waals surface area contributed by atoms with Crippen LogP contribution < -0.4 is 0 Å². The molecule has 0 heterocycles. The molecule has 6 heteroatoms. The Bertz CT molecular complexity index is 240. The number of hydrogen-bond acceptors (Lipinski definition) is 4. The second-order valence-corrected chi connectivity index (χ2v) is 6.22. The fraction of sp³-hybridized carbons (Fsp3) is 0.600. The van der Waals surface area contributed by atoms with Crippen molar-refractivity contribution in [1.82, 2.24) is 0 Å². The normalized spacial score (nSPS) is 14.9. The molecule has 92 valence electrons. The Hall–Kier alpha value is -0.886. The van der Waals surface area contributed by atoms with Gasteiger partial charge in [0.15, 0.2) is 0 Å². The lowest BCUT2D eigenvalue weighted by molar-refractivity contribution is -0.142. The van der Waals surface area contributed by atoms with Crippen LogP contribution in [0.1, 0.15) is 26.7 Å². The van der Waals surface area contributed by atoms with E-state index in [2.05, 4.69) is 0 Å².